The van der Waals surface area contributed by atoms with Crippen molar-refractivity contribution < 1.29 is 14.0 Å². The molecule has 0 unspecified atom stereocenters. The van der Waals surface area contributed by atoms with Crippen LogP contribution in [0.4, 0.5) is 5.00 Å². The summed E-state index contributed by atoms with van der Waals surface area (Å²) in [6.45, 7) is 0. The number of fused-ring (bicyclic) bond motifs is 1. The normalized spacial score (nSPS) is 12.8. The lowest BCUT2D eigenvalue weighted by Crippen LogP contribution is -2.34. The molecule has 4 N–H and O–H groups in total. The second-order valence-corrected chi connectivity index (χ2v) is 9.25. The molecule has 0 atom stereocenters. The van der Waals surface area contributed by atoms with Gasteiger partial charge in [-0.25, -0.2) is 0 Å². The molecular weight excluding hydrogens is 477 g/mol. The minimum absolute atomic E-state index is 0.0461. The molecule has 0 saturated heterocycles. The number of nitrogens with one attached hydrogen (secondary N) is 2. The van der Waals surface area contributed by atoms with Crippen molar-refractivity contribution in [2.24, 2.45) is 5.73 Å². The minimum atomic E-state index is -0.538. The SMILES string of the molecule is NC(=O)c1c(NC(=S)NC(=O)c2ccc(-c3cccc(Cl)c3Cl)o2)sc2c1CCCC2. The Labute approximate surface area is 197 Å². The molecule has 0 bridgehead atoms. The predicted octanol–water partition coefficient (Wildman–Crippen LogP) is 5.42. The molecular formula is C21H17Cl2N3O3S2. The van der Waals surface area contributed by atoms with E-state index in [2.05, 4.69) is 10.6 Å². The maximum Gasteiger partial charge on any atom is 0.293 e. The van der Waals surface area contributed by atoms with Crippen molar-refractivity contribution in [2.45, 2.75) is 25.7 Å². The number of nitrogens with two attached hydrogens (primary N) is 1. The van der Waals surface area contributed by atoms with Gasteiger partial charge in [-0.15, -0.1) is 11.3 Å². The Balaban J connectivity index is 1.48. The topological polar surface area (TPSA) is 97.4 Å². The fourth-order valence-electron chi connectivity index (χ4n) is 3.51. The minimum Gasteiger partial charge on any atom is -0.451 e. The molecule has 2 heterocycles. The quantitative estimate of drug-likeness (QED) is 0.421. The van der Waals surface area contributed by atoms with Crippen LogP contribution in [0.5, 0.6) is 0 Å². The van der Waals surface area contributed by atoms with Gasteiger partial charge in [-0.1, -0.05) is 29.3 Å². The average Bonchev–Trinajstić information content (AvgIpc) is 3.34. The Morgan fingerprint density at radius 2 is 1.90 bits per heavy atom. The first kappa shape index (κ1) is 21.8. The highest BCUT2D eigenvalue weighted by Crippen LogP contribution is 2.38. The first-order chi connectivity index (χ1) is 14.8. The van der Waals surface area contributed by atoms with Crippen molar-refractivity contribution in [3.63, 3.8) is 0 Å². The summed E-state index contributed by atoms with van der Waals surface area (Å²) >= 11 is 19.0. The summed E-state index contributed by atoms with van der Waals surface area (Å²) in [5.74, 6) is -0.594. The number of aryl methyl sites for hydroxylation is 1. The number of amides is 2. The zero-order chi connectivity index (χ0) is 22.1. The number of halogens is 2. The lowest BCUT2D eigenvalue weighted by atomic mass is 9.95. The molecule has 0 saturated carbocycles. The number of hydrogen-bond acceptors (Lipinski definition) is 5. The van der Waals surface area contributed by atoms with Crippen LogP contribution in [-0.2, 0) is 12.8 Å². The van der Waals surface area contributed by atoms with E-state index < -0.39 is 11.8 Å². The van der Waals surface area contributed by atoms with E-state index in [1.165, 1.54) is 17.4 Å². The summed E-state index contributed by atoms with van der Waals surface area (Å²) in [5.41, 5.74) is 7.60. The average molecular weight is 494 g/mol. The van der Waals surface area contributed by atoms with Crippen LogP contribution in [0, 0.1) is 0 Å². The molecule has 3 aromatic rings. The number of furan rings is 1. The van der Waals surface area contributed by atoms with Crippen LogP contribution in [0.2, 0.25) is 10.0 Å². The Bertz CT molecular complexity index is 1200. The molecule has 160 valence electrons. The van der Waals surface area contributed by atoms with E-state index in [0.717, 1.165) is 36.1 Å². The van der Waals surface area contributed by atoms with E-state index in [0.29, 0.717) is 31.9 Å². The fourth-order valence-corrected chi connectivity index (χ4v) is 5.46. The number of primary amides is 1. The Hall–Kier alpha value is -2.39. The van der Waals surface area contributed by atoms with Crippen molar-refractivity contribution in [1.29, 1.82) is 0 Å². The molecule has 0 aliphatic heterocycles. The fraction of sp³-hybridized carbons (Fsp3) is 0.190. The summed E-state index contributed by atoms with van der Waals surface area (Å²) in [4.78, 5) is 25.7. The van der Waals surface area contributed by atoms with Crippen LogP contribution in [0.25, 0.3) is 11.3 Å². The van der Waals surface area contributed by atoms with Gasteiger partial charge in [-0.05, 0) is 67.7 Å². The number of rotatable bonds is 4. The van der Waals surface area contributed by atoms with Gasteiger partial charge in [0.15, 0.2) is 10.9 Å². The van der Waals surface area contributed by atoms with Crippen LogP contribution in [0.3, 0.4) is 0 Å². The number of thiocarbonyl (C=S) groups is 1. The molecule has 10 heteroatoms. The Morgan fingerprint density at radius 1 is 1.13 bits per heavy atom. The van der Waals surface area contributed by atoms with Crippen molar-refractivity contribution in [3.8, 4) is 11.3 Å². The summed E-state index contributed by atoms with van der Waals surface area (Å²) in [6.07, 6.45) is 3.81. The van der Waals surface area contributed by atoms with E-state index in [-0.39, 0.29) is 10.9 Å². The van der Waals surface area contributed by atoms with Crippen LogP contribution >= 0.6 is 46.8 Å². The van der Waals surface area contributed by atoms with Gasteiger partial charge in [-0.3, -0.25) is 14.9 Å². The number of carbonyl (C=O) groups is 2. The smallest absolute Gasteiger partial charge is 0.293 e. The number of anilines is 1. The summed E-state index contributed by atoms with van der Waals surface area (Å²) in [5, 5.41) is 6.83. The van der Waals surface area contributed by atoms with E-state index in [4.69, 9.17) is 45.6 Å². The monoisotopic (exact) mass is 493 g/mol. The predicted molar refractivity (Wildman–Crippen MR) is 127 cm³/mol. The number of hydrogen-bond donors (Lipinski definition) is 3. The largest absolute Gasteiger partial charge is 0.451 e. The van der Waals surface area contributed by atoms with Crippen molar-refractivity contribution >= 4 is 68.7 Å². The first-order valence-corrected chi connectivity index (χ1v) is 11.4. The van der Waals surface area contributed by atoms with Crippen molar-refractivity contribution in [2.75, 3.05) is 5.32 Å². The number of thiophene rings is 1. The third-order valence-corrected chi connectivity index (χ3v) is 7.15. The zero-order valence-corrected chi connectivity index (χ0v) is 19.2. The highest BCUT2D eigenvalue weighted by molar-refractivity contribution is 7.80. The zero-order valence-electron chi connectivity index (χ0n) is 16.1. The Kier molecular flexibility index (Phi) is 6.34. The lowest BCUT2D eigenvalue weighted by molar-refractivity contribution is 0.0950. The van der Waals surface area contributed by atoms with Crippen LogP contribution in [0.15, 0.2) is 34.7 Å². The second kappa shape index (κ2) is 9.00. The molecule has 31 heavy (non-hydrogen) atoms. The van der Waals surface area contributed by atoms with Crippen molar-refractivity contribution in [3.05, 3.63) is 62.1 Å². The first-order valence-electron chi connectivity index (χ1n) is 9.46. The summed E-state index contributed by atoms with van der Waals surface area (Å²) < 4.78 is 5.63. The van der Waals surface area contributed by atoms with Gasteiger partial charge in [0, 0.05) is 10.4 Å². The van der Waals surface area contributed by atoms with Gasteiger partial charge in [0.25, 0.3) is 11.8 Å². The lowest BCUT2D eigenvalue weighted by Gasteiger charge is -2.11. The van der Waals surface area contributed by atoms with Gasteiger partial charge in [0.1, 0.15) is 10.8 Å². The number of benzene rings is 1. The van der Waals surface area contributed by atoms with E-state index in [1.807, 2.05) is 0 Å². The van der Waals surface area contributed by atoms with Crippen LogP contribution < -0.4 is 16.4 Å². The molecule has 0 spiro atoms. The molecule has 2 amide bonds. The standard InChI is InChI=1S/C21H17Cl2N3O3S2/c22-12-6-3-5-10(17(12)23)13-8-9-14(29-13)19(28)25-21(30)26-20-16(18(24)27)11-4-1-2-7-15(11)31-20/h3,5-6,8-9H,1-2,4,7H2,(H2,24,27)(H2,25,26,28,30). The highest BCUT2D eigenvalue weighted by atomic mass is 35.5. The number of carbonyl (C=O) groups excluding carboxylic acids is 2. The Morgan fingerprint density at radius 3 is 2.68 bits per heavy atom. The van der Waals surface area contributed by atoms with Gasteiger partial charge in [0.05, 0.1) is 15.6 Å². The van der Waals surface area contributed by atoms with E-state index in [1.54, 1.807) is 24.3 Å². The summed E-state index contributed by atoms with van der Waals surface area (Å²) in [6, 6.07) is 8.29. The molecule has 0 fully saturated rings. The molecule has 0 radical (unpaired) electrons. The summed E-state index contributed by atoms with van der Waals surface area (Å²) in [7, 11) is 0. The van der Waals surface area contributed by atoms with E-state index in [9.17, 15) is 9.59 Å². The maximum absolute atomic E-state index is 12.6. The van der Waals surface area contributed by atoms with Crippen LogP contribution in [-0.4, -0.2) is 16.9 Å². The molecule has 4 rings (SSSR count). The van der Waals surface area contributed by atoms with Gasteiger partial charge in [-0.2, -0.15) is 0 Å². The van der Waals surface area contributed by atoms with Crippen molar-refractivity contribution in [1.82, 2.24) is 5.32 Å². The van der Waals surface area contributed by atoms with Gasteiger partial charge < -0.3 is 15.5 Å². The van der Waals surface area contributed by atoms with Crippen LogP contribution in [0.1, 0.15) is 44.2 Å². The third kappa shape index (κ3) is 4.48. The van der Waals surface area contributed by atoms with Gasteiger partial charge in [0.2, 0.25) is 0 Å². The second-order valence-electron chi connectivity index (χ2n) is 6.95. The molecule has 6 nitrogen and oxygen atoms in total. The third-order valence-electron chi connectivity index (χ3n) is 4.92. The maximum atomic E-state index is 12.6. The molecule has 1 aromatic carbocycles. The van der Waals surface area contributed by atoms with E-state index >= 15 is 0 Å². The van der Waals surface area contributed by atoms with Gasteiger partial charge >= 0.3 is 0 Å². The molecule has 1 aliphatic carbocycles. The highest BCUT2D eigenvalue weighted by Gasteiger charge is 2.25. The molecule has 1 aliphatic rings. The molecule has 2 aromatic heterocycles.